The van der Waals surface area contributed by atoms with E-state index in [9.17, 15) is 125 Å². The fraction of sp³-hybridized carbons (Fsp3) is 0.241. The third-order valence-electron chi connectivity index (χ3n) is 15.3. The fourth-order valence-electron chi connectivity index (χ4n) is 10.5. The second-order valence-corrected chi connectivity index (χ2v) is 28.1. The normalized spacial score (nSPS) is 14.5. The van der Waals surface area contributed by atoms with Crippen molar-refractivity contribution >= 4 is 88.1 Å². The second-order valence-electron chi connectivity index (χ2n) is 21.9. The van der Waals surface area contributed by atoms with Crippen LogP contribution in [0.1, 0.15) is 74.8 Å². The molecule has 2 amide bonds. The summed E-state index contributed by atoms with van der Waals surface area (Å²) in [6.07, 6.45) is 0. The van der Waals surface area contributed by atoms with Gasteiger partial charge in [-0.1, -0.05) is 6.07 Å². The highest BCUT2D eigenvalue weighted by Gasteiger charge is 2.61. The maximum Gasteiger partial charge on any atom is 0.534 e. The van der Waals surface area contributed by atoms with Gasteiger partial charge in [-0.3, -0.25) is 28.8 Å². The van der Waals surface area contributed by atoms with Gasteiger partial charge in [-0.25, -0.2) is 27.2 Å². The Balaban J connectivity index is 0.000000257. The third kappa shape index (κ3) is 14.6. The molecule has 0 radical (unpaired) electrons. The zero-order valence-corrected chi connectivity index (χ0v) is 57.4. The van der Waals surface area contributed by atoms with E-state index in [0.29, 0.717) is 28.0 Å². The number of halogens is 20. The van der Waals surface area contributed by atoms with E-state index in [1.165, 1.54) is 0 Å². The predicted molar refractivity (Wildman–Crippen MR) is 311 cm³/mol. The molecular weight excluding hydrogens is 1680 g/mol. The monoisotopic (exact) mass is 1710 g/mol. The van der Waals surface area contributed by atoms with Crippen LogP contribution in [0.3, 0.4) is 0 Å². The second kappa shape index (κ2) is 28.9. The Morgan fingerprint density at radius 2 is 0.607 bits per heavy atom. The first-order chi connectivity index (χ1) is 51.4. The number of hydrogen-bond acceptors (Lipinski definition) is 28. The standard InChI is InChI=1S/2C29H15F10NO14S2/c1-49-17(41)8-40(9-18(42)50-2)25(43)10-3-4-12-11(5-10)26(44)52-27(12)13-6-15(30)23(53-55(45,46)28(34,35)36)19(32)21(13)51-22-14(27)7-16(31)24(20(22)33)54-56(47,48)29(37,38)39;1-49-17(41)8-40(9-18(42)50-2)25(43)10-3-4-11-12(5-10)27(52-26(11)44)13-6-15(30)23(53-55(45,46)28(34,35)36)19(32)21(13)51-22-14(27)7-16(31)24(20(22)33)54-56(47,48)29(37,38)39/h2*3-7H,8-9H2,1-2H3. The maximum absolute atomic E-state index is 16.0. The molecule has 604 valence electrons. The van der Waals surface area contributed by atoms with Crippen molar-refractivity contribution in [3.63, 3.8) is 0 Å². The van der Waals surface area contributed by atoms with E-state index in [1.807, 2.05) is 0 Å². The lowest BCUT2D eigenvalue weighted by Crippen LogP contribution is -2.40. The highest BCUT2D eigenvalue weighted by Crippen LogP contribution is 2.62. The van der Waals surface area contributed by atoms with Crippen molar-refractivity contribution < 1.29 is 214 Å². The Bertz CT molecular complexity index is 5330. The van der Waals surface area contributed by atoms with Gasteiger partial charge in [0.1, 0.15) is 26.2 Å². The lowest BCUT2D eigenvalue weighted by molar-refractivity contribution is -0.146. The minimum absolute atomic E-state index is 0.0766. The molecule has 4 aliphatic heterocycles. The molecular formula is C58H30F20N2O28S4. The van der Waals surface area contributed by atoms with Gasteiger partial charge in [-0.15, -0.1) is 0 Å². The van der Waals surface area contributed by atoms with Gasteiger partial charge >= 0.3 is 98.3 Å². The van der Waals surface area contributed by atoms with Crippen molar-refractivity contribution in [2.24, 2.45) is 0 Å². The van der Waals surface area contributed by atoms with Crippen LogP contribution in [0.5, 0.6) is 46.0 Å². The van der Waals surface area contributed by atoms with Gasteiger partial charge < -0.3 is 64.4 Å². The fourth-order valence-corrected chi connectivity index (χ4v) is 12.3. The summed E-state index contributed by atoms with van der Waals surface area (Å²) in [6, 6.07) is 4.00. The van der Waals surface area contributed by atoms with Crippen molar-refractivity contribution in [3.8, 4) is 46.0 Å². The number of nitrogens with zero attached hydrogens (tertiary/aromatic N) is 2. The Kier molecular flexibility index (Phi) is 21.7. The highest BCUT2D eigenvalue weighted by atomic mass is 32.2. The molecule has 0 aromatic heterocycles. The lowest BCUT2D eigenvalue weighted by Gasteiger charge is -2.37. The van der Waals surface area contributed by atoms with Crippen LogP contribution in [-0.2, 0) is 99.3 Å². The minimum atomic E-state index is -6.91. The van der Waals surface area contributed by atoms with E-state index >= 15 is 35.1 Å². The molecule has 112 heavy (non-hydrogen) atoms. The molecule has 4 aliphatic rings. The topological polar surface area (TPSA) is 390 Å². The Labute approximate surface area is 607 Å². The Morgan fingerprint density at radius 3 is 0.875 bits per heavy atom. The van der Waals surface area contributed by atoms with Crippen molar-refractivity contribution in [3.05, 3.63) is 163 Å². The quantitative estimate of drug-likeness (QED) is 0.0257. The van der Waals surface area contributed by atoms with Crippen molar-refractivity contribution in [1.29, 1.82) is 0 Å². The van der Waals surface area contributed by atoms with Gasteiger partial charge in [0.05, 0.1) is 61.8 Å². The molecule has 0 saturated heterocycles. The molecule has 6 aromatic rings. The molecule has 0 N–H and O–H groups in total. The summed E-state index contributed by atoms with van der Waals surface area (Å²) in [5.74, 6) is -46.7. The van der Waals surface area contributed by atoms with Crippen molar-refractivity contribution in [2.45, 2.75) is 33.2 Å². The molecule has 2 spiro atoms. The smallest absolute Gasteiger partial charge is 0.468 e. The highest BCUT2D eigenvalue weighted by molar-refractivity contribution is 7.88. The van der Waals surface area contributed by atoms with Gasteiger partial charge in [0.15, 0.2) is 57.5 Å². The van der Waals surface area contributed by atoms with Crippen LogP contribution in [0.15, 0.2) is 60.7 Å². The number of ether oxygens (including phenoxy) is 8. The number of rotatable bonds is 18. The molecule has 30 nitrogen and oxygen atoms in total. The van der Waals surface area contributed by atoms with Crippen LogP contribution in [0.25, 0.3) is 0 Å². The van der Waals surface area contributed by atoms with E-state index in [1.54, 1.807) is 0 Å². The summed E-state index contributed by atoms with van der Waals surface area (Å²) < 4.78 is 429. The van der Waals surface area contributed by atoms with E-state index < -0.39 is 296 Å². The number of amides is 2. The Hall–Kier alpha value is -11.7. The number of esters is 6. The van der Waals surface area contributed by atoms with E-state index in [4.69, 9.17) is 18.9 Å². The predicted octanol–water partition coefficient (Wildman–Crippen LogP) is 8.11. The van der Waals surface area contributed by atoms with Gasteiger partial charge in [0.2, 0.25) is 46.3 Å². The summed E-state index contributed by atoms with van der Waals surface area (Å²) >= 11 is 0. The molecule has 0 bridgehead atoms. The zero-order valence-electron chi connectivity index (χ0n) is 54.1. The average molecular weight is 1710 g/mol. The number of carbonyl (C=O) groups excluding carboxylic acids is 8. The van der Waals surface area contributed by atoms with E-state index in [-0.39, 0.29) is 24.3 Å². The molecule has 0 aliphatic carbocycles. The molecule has 0 atom stereocenters. The zero-order chi connectivity index (χ0) is 84.2. The van der Waals surface area contributed by atoms with Crippen LogP contribution in [-0.4, -0.2) is 168 Å². The number of carbonyl (C=O) groups is 8. The number of alkyl halides is 12. The summed E-state index contributed by atoms with van der Waals surface area (Å²) in [6.45, 7) is -3.70. The van der Waals surface area contributed by atoms with Crippen molar-refractivity contribution in [1.82, 2.24) is 9.80 Å². The SMILES string of the molecule is COC(=O)CN(CC(=O)OC)C(=O)c1ccc2c(c1)C(=O)OC21c2cc(F)c(OS(=O)(=O)C(F)(F)F)c(F)c2Oc2c1cc(F)c(OS(=O)(=O)C(F)(F)F)c2F.COC(=O)CN(CC(=O)OC)C(=O)c1ccc2c(c1)C1(OC2=O)c2cc(F)c(OS(=O)(=O)C(F)(F)F)c(F)c2Oc2c1cc(F)c(OS(=O)(=O)C(F)(F)F)c2F. The van der Waals surface area contributed by atoms with Crippen LogP contribution >= 0.6 is 0 Å². The summed E-state index contributed by atoms with van der Waals surface area (Å²) in [5.41, 5.74) is -41.3. The van der Waals surface area contributed by atoms with Gasteiger partial charge in [0, 0.05) is 22.3 Å². The first-order valence-corrected chi connectivity index (χ1v) is 34.2. The molecule has 0 saturated carbocycles. The van der Waals surface area contributed by atoms with Crippen molar-refractivity contribution in [2.75, 3.05) is 54.6 Å². The number of benzene rings is 6. The van der Waals surface area contributed by atoms with Crippen LogP contribution in [0.4, 0.5) is 87.8 Å². The van der Waals surface area contributed by atoms with Gasteiger partial charge in [0.25, 0.3) is 11.8 Å². The average Bonchev–Trinajstić information content (AvgIpc) is 1.42. The Morgan fingerprint density at radius 1 is 0.357 bits per heavy atom. The minimum Gasteiger partial charge on any atom is -0.468 e. The molecule has 0 fully saturated rings. The number of methoxy groups -OCH3 is 4. The molecule has 4 heterocycles. The van der Waals surface area contributed by atoms with Crippen LogP contribution in [0.2, 0.25) is 0 Å². The van der Waals surface area contributed by atoms with Crippen LogP contribution in [0, 0.1) is 46.5 Å². The van der Waals surface area contributed by atoms with Gasteiger partial charge in [-0.2, -0.15) is 104 Å². The maximum atomic E-state index is 16.0. The molecule has 6 aromatic carbocycles. The summed E-state index contributed by atoms with van der Waals surface area (Å²) in [4.78, 5) is 103. The third-order valence-corrected chi connectivity index (χ3v) is 19.2. The molecule has 0 unspecified atom stereocenters. The first kappa shape index (κ1) is 84.3. The molecule has 54 heteroatoms. The summed E-state index contributed by atoms with van der Waals surface area (Å²) in [5, 5.41) is 0. The lowest BCUT2D eigenvalue weighted by atomic mass is 9.76. The summed E-state index contributed by atoms with van der Waals surface area (Å²) in [7, 11) is -24.0. The first-order valence-electron chi connectivity index (χ1n) is 28.5. The number of hydrogen-bond donors (Lipinski definition) is 0. The number of fused-ring (bicyclic) bond motifs is 12. The molecule has 10 rings (SSSR count). The largest absolute Gasteiger partial charge is 0.534 e. The van der Waals surface area contributed by atoms with Crippen LogP contribution < -0.4 is 26.2 Å². The van der Waals surface area contributed by atoms with E-state index in [0.717, 1.165) is 46.6 Å². The van der Waals surface area contributed by atoms with Gasteiger partial charge in [-0.05, 0) is 54.6 Å². The van der Waals surface area contributed by atoms with E-state index in [2.05, 4.69) is 35.7 Å².